The summed E-state index contributed by atoms with van der Waals surface area (Å²) in [5.74, 6) is 0.608. The summed E-state index contributed by atoms with van der Waals surface area (Å²) in [4.78, 5) is 1.04. The van der Waals surface area contributed by atoms with E-state index < -0.39 is 10.0 Å². The third-order valence-electron chi connectivity index (χ3n) is 2.67. The van der Waals surface area contributed by atoms with Crippen molar-refractivity contribution in [1.29, 1.82) is 0 Å². The summed E-state index contributed by atoms with van der Waals surface area (Å²) >= 11 is 1.47. The van der Waals surface area contributed by atoms with Crippen LogP contribution in [0, 0.1) is 0 Å². The molecule has 1 aromatic carbocycles. The molecule has 0 saturated carbocycles. The fourth-order valence-electron chi connectivity index (χ4n) is 1.66. The molecular formula is C13H11N3O3S2. The number of nitrogens with one attached hydrogen (secondary N) is 1. The zero-order valence-electron chi connectivity index (χ0n) is 10.8. The summed E-state index contributed by atoms with van der Waals surface area (Å²) in [6.07, 6.45) is 0. The van der Waals surface area contributed by atoms with E-state index in [0.29, 0.717) is 5.89 Å². The minimum Gasteiger partial charge on any atom is -0.418 e. The Morgan fingerprint density at radius 1 is 1.10 bits per heavy atom. The van der Waals surface area contributed by atoms with Crippen LogP contribution in [-0.2, 0) is 16.6 Å². The minimum absolute atomic E-state index is 0.0460. The Morgan fingerprint density at radius 2 is 1.90 bits per heavy atom. The first-order valence-corrected chi connectivity index (χ1v) is 8.42. The van der Waals surface area contributed by atoms with E-state index in [1.165, 1.54) is 23.5 Å². The highest BCUT2D eigenvalue weighted by Crippen LogP contribution is 2.22. The first-order valence-electron chi connectivity index (χ1n) is 6.06. The van der Waals surface area contributed by atoms with Gasteiger partial charge in [0.05, 0.1) is 16.3 Å². The Morgan fingerprint density at radius 3 is 2.62 bits per heavy atom. The van der Waals surface area contributed by atoms with Crippen LogP contribution in [0.25, 0.3) is 10.8 Å². The molecule has 0 unspecified atom stereocenters. The van der Waals surface area contributed by atoms with Crippen molar-refractivity contribution in [3.8, 4) is 10.8 Å². The molecular weight excluding hydrogens is 310 g/mol. The summed E-state index contributed by atoms with van der Waals surface area (Å²) in [6.45, 7) is -0.0460. The van der Waals surface area contributed by atoms with Gasteiger partial charge in [-0.05, 0) is 23.6 Å². The maximum Gasteiger partial charge on any atom is 0.257 e. The van der Waals surface area contributed by atoms with Crippen LogP contribution in [0.15, 0.2) is 57.2 Å². The van der Waals surface area contributed by atoms with Gasteiger partial charge in [0.1, 0.15) is 0 Å². The lowest BCUT2D eigenvalue weighted by Gasteiger charge is -2.03. The lowest BCUT2D eigenvalue weighted by atomic mass is 10.4. The number of nitrogens with zero attached hydrogens (tertiary/aromatic N) is 2. The highest BCUT2D eigenvalue weighted by atomic mass is 32.2. The highest BCUT2D eigenvalue weighted by Gasteiger charge is 2.15. The van der Waals surface area contributed by atoms with E-state index in [1.807, 2.05) is 17.5 Å². The van der Waals surface area contributed by atoms with Gasteiger partial charge in [0.25, 0.3) is 5.89 Å². The van der Waals surface area contributed by atoms with Crippen molar-refractivity contribution in [2.45, 2.75) is 11.4 Å². The van der Waals surface area contributed by atoms with Crippen LogP contribution in [-0.4, -0.2) is 18.6 Å². The number of aromatic nitrogens is 2. The molecule has 8 heteroatoms. The zero-order valence-corrected chi connectivity index (χ0v) is 12.4. The Bertz CT molecular complexity index is 811. The van der Waals surface area contributed by atoms with Gasteiger partial charge in [-0.15, -0.1) is 21.5 Å². The van der Waals surface area contributed by atoms with E-state index in [9.17, 15) is 8.42 Å². The van der Waals surface area contributed by atoms with E-state index in [1.54, 1.807) is 18.2 Å². The second-order valence-corrected chi connectivity index (χ2v) is 6.83. The number of benzene rings is 1. The molecule has 6 nitrogen and oxygen atoms in total. The summed E-state index contributed by atoms with van der Waals surface area (Å²) in [5.41, 5.74) is 0. The van der Waals surface area contributed by atoms with E-state index in [0.717, 1.165) is 4.88 Å². The van der Waals surface area contributed by atoms with Gasteiger partial charge in [0.2, 0.25) is 15.9 Å². The molecule has 0 saturated heterocycles. The molecule has 108 valence electrons. The fourth-order valence-corrected chi connectivity index (χ4v) is 3.30. The third kappa shape index (κ3) is 3.18. The molecule has 0 spiro atoms. The molecule has 0 radical (unpaired) electrons. The Labute approximate surface area is 125 Å². The molecule has 0 atom stereocenters. The number of thiophene rings is 1. The molecule has 0 amide bonds. The van der Waals surface area contributed by atoms with E-state index in [4.69, 9.17) is 4.42 Å². The van der Waals surface area contributed by atoms with Crippen molar-refractivity contribution < 1.29 is 12.8 Å². The second-order valence-electron chi connectivity index (χ2n) is 4.12. The molecule has 3 rings (SSSR count). The van der Waals surface area contributed by atoms with Gasteiger partial charge < -0.3 is 4.42 Å². The molecule has 0 aliphatic rings. The smallest absolute Gasteiger partial charge is 0.257 e. The molecule has 3 aromatic rings. The Kier molecular flexibility index (Phi) is 3.82. The van der Waals surface area contributed by atoms with Crippen LogP contribution < -0.4 is 4.72 Å². The fraction of sp³-hybridized carbons (Fsp3) is 0.0769. The lowest BCUT2D eigenvalue weighted by molar-refractivity contribution is 0.495. The molecule has 21 heavy (non-hydrogen) atoms. The highest BCUT2D eigenvalue weighted by molar-refractivity contribution is 7.89. The van der Waals surface area contributed by atoms with Crippen LogP contribution >= 0.6 is 11.3 Å². The summed E-state index contributed by atoms with van der Waals surface area (Å²) in [5, 5.41) is 9.62. The lowest BCUT2D eigenvalue weighted by Crippen LogP contribution is -2.23. The van der Waals surface area contributed by atoms with Crippen LogP contribution in [0.1, 0.15) is 5.89 Å². The maximum atomic E-state index is 12.0. The van der Waals surface area contributed by atoms with Gasteiger partial charge in [-0.25, -0.2) is 13.1 Å². The van der Waals surface area contributed by atoms with Gasteiger partial charge in [-0.3, -0.25) is 0 Å². The van der Waals surface area contributed by atoms with Crippen LogP contribution in [0.2, 0.25) is 0 Å². The predicted molar refractivity (Wildman–Crippen MR) is 78.1 cm³/mol. The predicted octanol–water partition coefficient (Wildman–Crippen LogP) is 2.28. The summed E-state index contributed by atoms with van der Waals surface area (Å²) in [7, 11) is -3.58. The molecule has 2 heterocycles. The van der Waals surface area contributed by atoms with Crippen LogP contribution in [0.3, 0.4) is 0 Å². The quantitative estimate of drug-likeness (QED) is 0.779. The topological polar surface area (TPSA) is 85.1 Å². The second kappa shape index (κ2) is 5.76. The van der Waals surface area contributed by atoms with E-state index in [-0.39, 0.29) is 17.3 Å². The maximum absolute atomic E-state index is 12.0. The zero-order chi connectivity index (χ0) is 14.7. The first kappa shape index (κ1) is 13.9. The monoisotopic (exact) mass is 321 g/mol. The number of rotatable bonds is 5. The minimum atomic E-state index is -3.58. The third-order valence-corrected chi connectivity index (χ3v) is 4.94. The molecule has 0 fully saturated rings. The molecule has 0 aliphatic heterocycles. The van der Waals surface area contributed by atoms with Crippen LogP contribution in [0.5, 0.6) is 0 Å². The van der Waals surface area contributed by atoms with Gasteiger partial charge in [-0.1, -0.05) is 24.3 Å². The van der Waals surface area contributed by atoms with Gasteiger partial charge >= 0.3 is 0 Å². The van der Waals surface area contributed by atoms with E-state index in [2.05, 4.69) is 14.9 Å². The average molecular weight is 321 g/mol. The van der Waals surface area contributed by atoms with Gasteiger partial charge in [-0.2, -0.15) is 0 Å². The van der Waals surface area contributed by atoms with Gasteiger partial charge in [0, 0.05) is 0 Å². The molecule has 1 N–H and O–H groups in total. The van der Waals surface area contributed by atoms with Crippen LogP contribution in [0.4, 0.5) is 0 Å². The number of sulfonamides is 1. The van der Waals surface area contributed by atoms with E-state index >= 15 is 0 Å². The van der Waals surface area contributed by atoms with Gasteiger partial charge in [0.15, 0.2) is 0 Å². The molecule has 0 bridgehead atoms. The van der Waals surface area contributed by atoms with Crippen molar-refractivity contribution in [3.63, 3.8) is 0 Å². The average Bonchev–Trinajstić information content (AvgIpc) is 3.17. The SMILES string of the molecule is O=S(=O)(NCc1nnc(-c2cccs2)o1)c1ccccc1. The summed E-state index contributed by atoms with van der Waals surface area (Å²) < 4.78 is 31.9. The Hall–Kier alpha value is -2.03. The first-order chi connectivity index (χ1) is 10.1. The standard InChI is InChI=1S/C13H11N3O3S2/c17-21(18,10-5-2-1-3-6-10)14-9-12-15-16-13(19-12)11-7-4-8-20-11/h1-8,14H,9H2. The summed E-state index contributed by atoms with van der Waals surface area (Å²) in [6, 6.07) is 11.9. The van der Waals surface area contributed by atoms with Crippen molar-refractivity contribution >= 4 is 21.4 Å². The van der Waals surface area contributed by atoms with Crippen molar-refractivity contribution in [2.24, 2.45) is 0 Å². The number of hydrogen-bond acceptors (Lipinski definition) is 6. The Balaban J connectivity index is 1.71. The van der Waals surface area contributed by atoms with Crippen molar-refractivity contribution in [2.75, 3.05) is 0 Å². The van der Waals surface area contributed by atoms with Crippen molar-refractivity contribution in [1.82, 2.24) is 14.9 Å². The molecule has 2 aromatic heterocycles. The number of hydrogen-bond donors (Lipinski definition) is 1. The molecule has 0 aliphatic carbocycles. The van der Waals surface area contributed by atoms with Crippen molar-refractivity contribution in [3.05, 3.63) is 53.7 Å². The largest absolute Gasteiger partial charge is 0.418 e. The normalized spacial score (nSPS) is 11.6.